The Labute approximate surface area is 244 Å². The summed E-state index contributed by atoms with van der Waals surface area (Å²) in [5.41, 5.74) is 1.16. The highest BCUT2D eigenvalue weighted by molar-refractivity contribution is 5.66. The molecule has 0 spiro atoms. The minimum absolute atomic E-state index is 0. The highest BCUT2D eigenvalue weighted by Crippen LogP contribution is 2.70. The molecule has 4 rings (SSSR count). The Morgan fingerprint density at radius 1 is 0.853 bits per heavy atom. The van der Waals surface area contributed by atoms with E-state index in [0.717, 1.165) is 45.6 Å². The van der Waals surface area contributed by atoms with Crippen molar-refractivity contribution < 1.29 is 66.5 Å². The highest BCUT2D eigenvalue weighted by Gasteiger charge is 2.67. The molecule has 0 bridgehead atoms. The molecule has 0 saturated heterocycles. The number of esters is 1. The molecule has 34 heavy (non-hydrogen) atoms. The molecule has 0 aromatic heterocycles. The second kappa shape index (κ2) is 10.2. The molecule has 0 aliphatic heterocycles. The summed E-state index contributed by atoms with van der Waals surface area (Å²) in [6.07, 6.45) is 11.8. The van der Waals surface area contributed by atoms with Crippen LogP contribution in [0, 0.1) is 34.0 Å². The lowest BCUT2D eigenvalue weighted by Crippen LogP contribution is -3.00. The Hall–Kier alpha value is 0.850. The number of fused-ring (bicyclic) bond motifs is 5. The summed E-state index contributed by atoms with van der Waals surface area (Å²) < 4.78 is 7.98. The quantitative estimate of drug-likeness (QED) is 0.217. The molecule has 8 atom stereocenters. The first kappa shape index (κ1) is 31.1. The topological polar surface area (TPSA) is 26.3 Å². The van der Waals surface area contributed by atoms with Gasteiger partial charge in [-0.05, 0) is 74.5 Å². The van der Waals surface area contributed by atoms with E-state index >= 15 is 0 Å². The van der Waals surface area contributed by atoms with Gasteiger partial charge in [-0.3, -0.25) is 4.79 Å². The Kier molecular flexibility index (Phi) is 9.32. The monoisotopic (exact) mass is 702 g/mol. The van der Waals surface area contributed by atoms with E-state index in [1.54, 1.807) is 6.92 Å². The molecule has 4 aliphatic rings. The lowest BCUT2D eigenvalue weighted by atomic mass is 9.40. The molecule has 0 radical (unpaired) electrons. The first-order chi connectivity index (χ1) is 14.6. The fraction of sp³-hybridized carbons (Fsp3) is 0.964. The average Bonchev–Trinajstić information content (AvgIpc) is 2.98. The SMILES string of the molecule is CC(=O)OC1CC[C@]2(C)[C@H]3CC[C@@]4(C)[C@@H](CC[C@@H]4[N+](C)(C)C)[C@@H]3CC[C@]2(C[N+](C)(C)C)C1.[I-].[I-]. The zero-order valence-corrected chi connectivity index (χ0v) is 27.7. The van der Waals surface area contributed by atoms with E-state index in [1.807, 2.05) is 0 Å². The maximum absolute atomic E-state index is 11.8. The van der Waals surface area contributed by atoms with Crippen molar-refractivity contribution in [1.82, 2.24) is 0 Å². The number of halogens is 2. The standard InChI is InChI=1S/C28H52N2O2.2HI/c1-20(31)32-21-12-16-27(3)24-14-15-26(2)23(10-11-25(26)30(7,8)9)22(24)13-17-28(27,18-21)19-29(4,5)6;;/h21-25H,10-19H2,1-9H3;2*1H/q+2;;/p-2/t21?,22-,23-,24-,25-,26-,27+,28+;;/m0../s1. The molecule has 0 amide bonds. The molecule has 4 saturated carbocycles. The lowest BCUT2D eigenvalue weighted by molar-refractivity contribution is -0.903. The van der Waals surface area contributed by atoms with Crippen LogP contribution >= 0.6 is 0 Å². The maximum atomic E-state index is 11.8. The molecule has 0 N–H and O–H groups in total. The number of hydrogen-bond acceptors (Lipinski definition) is 2. The third-order valence-electron chi connectivity index (χ3n) is 11.0. The molecule has 200 valence electrons. The molecule has 0 aromatic rings. The van der Waals surface area contributed by atoms with Crippen molar-refractivity contribution in [2.75, 3.05) is 48.8 Å². The Morgan fingerprint density at radius 3 is 2.06 bits per heavy atom. The molecule has 1 unspecified atom stereocenters. The van der Waals surface area contributed by atoms with Crippen LogP contribution in [0.3, 0.4) is 0 Å². The molecule has 0 heterocycles. The van der Waals surface area contributed by atoms with Crippen LogP contribution in [0.2, 0.25) is 0 Å². The highest BCUT2D eigenvalue weighted by atomic mass is 127. The van der Waals surface area contributed by atoms with Crippen LogP contribution in [-0.2, 0) is 9.53 Å². The summed E-state index contributed by atoms with van der Waals surface area (Å²) in [5, 5.41) is 0. The van der Waals surface area contributed by atoms with Gasteiger partial charge in [-0.25, -0.2) is 0 Å². The van der Waals surface area contributed by atoms with Gasteiger partial charge in [-0.2, -0.15) is 0 Å². The average molecular weight is 703 g/mol. The summed E-state index contributed by atoms with van der Waals surface area (Å²) >= 11 is 0. The van der Waals surface area contributed by atoms with Crippen molar-refractivity contribution in [2.45, 2.75) is 90.7 Å². The van der Waals surface area contributed by atoms with E-state index in [9.17, 15) is 4.79 Å². The minimum atomic E-state index is -0.0987. The van der Waals surface area contributed by atoms with Crippen molar-refractivity contribution in [3.63, 3.8) is 0 Å². The van der Waals surface area contributed by atoms with Gasteiger partial charge in [-0.15, -0.1) is 0 Å². The maximum Gasteiger partial charge on any atom is 0.302 e. The van der Waals surface area contributed by atoms with Crippen LogP contribution in [0.5, 0.6) is 0 Å². The van der Waals surface area contributed by atoms with Crippen molar-refractivity contribution in [3.8, 4) is 0 Å². The van der Waals surface area contributed by atoms with E-state index < -0.39 is 0 Å². The van der Waals surface area contributed by atoms with Crippen LogP contribution in [0.15, 0.2) is 0 Å². The molecular weight excluding hydrogens is 650 g/mol. The van der Waals surface area contributed by atoms with Gasteiger partial charge < -0.3 is 61.7 Å². The molecule has 4 aliphatic carbocycles. The largest absolute Gasteiger partial charge is 1.00 e. The number of hydrogen-bond donors (Lipinski definition) is 0. The van der Waals surface area contributed by atoms with Crippen molar-refractivity contribution in [3.05, 3.63) is 0 Å². The first-order valence-electron chi connectivity index (χ1n) is 13.4. The summed E-state index contributed by atoms with van der Waals surface area (Å²) in [4.78, 5) is 11.8. The number of quaternary nitrogens is 2. The van der Waals surface area contributed by atoms with E-state index in [1.165, 1.54) is 51.5 Å². The van der Waals surface area contributed by atoms with E-state index in [0.29, 0.717) is 10.8 Å². The minimum Gasteiger partial charge on any atom is -1.00 e. The summed E-state index contributed by atoms with van der Waals surface area (Å²) in [6, 6.07) is 0.805. The van der Waals surface area contributed by atoms with Gasteiger partial charge in [0.15, 0.2) is 0 Å². The fourth-order valence-electron chi connectivity index (χ4n) is 10.2. The van der Waals surface area contributed by atoms with Gasteiger partial charge in [0, 0.05) is 24.2 Å². The van der Waals surface area contributed by atoms with Gasteiger partial charge in [0.05, 0.1) is 54.9 Å². The Bertz CT molecular complexity index is 748. The first-order valence-corrected chi connectivity index (χ1v) is 13.4. The summed E-state index contributed by atoms with van der Waals surface area (Å²) in [7, 11) is 14.4. The van der Waals surface area contributed by atoms with Gasteiger partial charge in [0.2, 0.25) is 0 Å². The Balaban J connectivity index is 0.00000204. The van der Waals surface area contributed by atoms with Crippen molar-refractivity contribution in [1.29, 1.82) is 0 Å². The van der Waals surface area contributed by atoms with Crippen LogP contribution in [-0.4, -0.2) is 75.9 Å². The summed E-state index contributed by atoms with van der Waals surface area (Å²) in [6.45, 7) is 8.11. The lowest BCUT2D eigenvalue weighted by Gasteiger charge is -2.66. The molecule has 6 heteroatoms. The summed E-state index contributed by atoms with van der Waals surface area (Å²) in [5.74, 6) is 2.53. The second-order valence-corrected chi connectivity index (χ2v) is 14.8. The van der Waals surface area contributed by atoms with E-state index in [2.05, 4.69) is 56.1 Å². The van der Waals surface area contributed by atoms with Crippen LogP contribution in [0.25, 0.3) is 0 Å². The number of carbonyl (C=O) groups is 1. The van der Waals surface area contributed by atoms with E-state index in [4.69, 9.17) is 4.74 Å². The zero-order chi connectivity index (χ0) is 23.7. The van der Waals surface area contributed by atoms with Gasteiger partial charge in [0.25, 0.3) is 0 Å². The molecular formula is C28H52I2N2O2. The number of ether oxygens (including phenoxy) is 1. The number of nitrogens with zero attached hydrogens (tertiary/aromatic N) is 2. The van der Waals surface area contributed by atoms with Crippen molar-refractivity contribution >= 4 is 5.97 Å². The molecule has 4 nitrogen and oxygen atoms in total. The van der Waals surface area contributed by atoms with Crippen molar-refractivity contribution in [2.24, 2.45) is 34.0 Å². The third kappa shape index (κ3) is 5.23. The van der Waals surface area contributed by atoms with Gasteiger partial charge >= 0.3 is 5.97 Å². The normalized spacial score (nSPS) is 44.0. The smallest absolute Gasteiger partial charge is 0.302 e. The van der Waals surface area contributed by atoms with E-state index in [-0.39, 0.29) is 65.4 Å². The fourth-order valence-corrected chi connectivity index (χ4v) is 10.2. The van der Waals surface area contributed by atoms with Gasteiger partial charge in [-0.1, -0.05) is 13.8 Å². The number of carbonyl (C=O) groups excluding carboxylic acids is 1. The zero-order valence-electron chi connectivity index (χ0n) is 23.4. The molecule has 4 fully saturated rings. The Morgan fingerprint density at radius 2 is 1.50 bits per heavy atom. The van der Waals surface area contributed by atoms with Crippen LogP contribution in [0.4, 0.5) is 0 Å². The predicted molar refractivity (Wildman–Crippen MR) is 131 cm³/mol. The second-order valence-electron chi connectivity index (χ2n) is 14.8. The number of rotatable bonds is 4. The van der Waals surface area contributed by atoms with Crippen LogP contribution in [0.1, 0.15) is 78.6 Å². The molecule has 0 aromatic carbocycles. The third-order valence-corrected chi connectivity index (χ3v) is 11.0. The van der Waals surface area contributed by atoms with Gasteiger partial charge in [0.1, 0.15) is 6.10 Å². The predicted octanol–water partition coefficient (Wildman–Crippen LogP) is -0.880. The van der Waals surface area contributed by atoms with Crippen LogP contribution < -0.4 is 48.0 Å².